The quantitative estimate of drug-likeness (QED) is 0.809. The average Bonchev–Trinajstić information content (AvgIpc) is 3.04. The van der Waals surface area contributed by atoms with Crippen LogP contribution < -0.4 is 15.4 Å². The highest BCUT2D eigenvalue weighted by Crippen LogP contribution is 2.27. The fraction of sp³-hybridized carbons (Fsp3) is 0.444. The molecular weight excluding hydrogens is 374 g/mol. The van der Waals surface area contributed by atoms with E-state index in [9.17, 15) is 4.79 Å². The summed E-state index contributed by atoms with van der Waals surface area (Å²) in [7, 11) is 0. The Morgan fingerprint density at radius 3 is 2.77 bits per heavy atom. The Hall–Kier alpha value is -1.67. The highest BCUT2D eigenvalue weighted by Gasteiger charge is 2.28. The van der Waals surface area contributed by atoms with Crippen LogP contribution in [0, 0.1) is 0 Å². The van der Waals surface area contributed by atoms with Gasteiger partial charge in [0.05, 0.1) is 24.5 Å². The molecule has 6 nitrogen and oxygen atoms in total. The average molecular weight is 398 g/mol. The third-order valence-corrected chi connectivity index (χ3v) is 4.61. The minimum Gasteiger partial charge on any atom is -0.491 e. The summed E-state index contributed by atoms with van der Waals surface area (Å²) in [6.45, 7) is 7.19. The van der Waals surface area contributed by atoms with Gasteiger partial charge >= 0.3 is 0 Å². The zero-order valence-electron chi connectivity index (χ0n) is 15.0. The van der Waals surface area contributed by atoms with Crippen molar-refractivity contribution in [3.05, 3.63) is 29.6 Å². The summed E-state index contributed by atoms with van der Waals surface area (Å²) in [4.78, 5) is 16.9. The van der Waals surface area contributed by atoms with Crippen molar-refractivity contribution in [2.75, 3.05) is 18.5 Å². The summed E-state index contributed by atoms with van der Waals surface area (Å²) in [6, 6.07) is 7.44. The Bertz CT molecular complexity index is 721. The van der Waals surface area contributed by atoms with E-state index in [-0.39, 0.29) is 36.6 Å². The Labute approximate surface area is 163 Å². The lowest BCUT2D eigenvalue weighted by Gasteiger charge is -2.28. The van der Waals surface area contributed by atoms with E-state index in [2.05, 4.69) is 15.6 Å². The molecule has 0 saturated carbocycles. The fourth-order valence-corrected chi connectivity index (χ4v) is 3.37. The molecule has 0 unspecified atom stereocenters. The second kappa shape index (κ2) is 9.32. The van der Waals surface area contributed by atoms with Crippen molar-refractivity contribution in [2.24, 2.45) is 0 Å². The topological polar surface area (TPSA) is 72.5 Å². The fourth-order valence-electron chi connectivity index (χ4n) is 2.65. The van der Waals surface area contributed by atoms with E-state index in [1.165, 1.54) is 11.3 Å². The number of hydrogen-bond acceptors (Lipinski definition) is 6. The van der Waals surface area contributed by atoms with Gasteiger partial charge in [-0.25, -0.2) is 4.98 Å². The van der Waals surface area contributed by atoms with Gasteiger partial charge in [-0.1, -0.05) is 0 Å². The van der Waals surface area contributed by atoms with Crippen molar-refractivity contribution in [2.45, 2.75) is 39.0 Å². The van der Waals surface area contributed by atoms with Gasteiger partial charge < -0.3 is 20.1 Å². The van der Waals surface area contributed by atoms with Crippen LogP contribution in [0.15, 0.2) is 29.6 Å². The van der Waals surface area contributed by atoms with Crippen LogP contribution in [0.4, 0.5) is 5.13 Å². The number of carbonyl (C=O) groups excluding carboxylic acids is 1. The molecule has 2 aromatic rings. The second-order valence-electron chi connectivity index (χ2n) is 6.23. The first-order valence-corrected chi connectivity index (χ1v) is 9.29. The molecule has 0 radical (unpaired) electrons. The zero-order chi connectivity index (χ0) is 17.8. The number of ether oxygens (including phenoxy) is 2. The van der Waals surface area contributed by atoms with Gasteiger partial charge in [-0.15, -0.1) is 23.7 Å². The maximum Gasteiger partial charge on any atom is 0.245 e. The molecule has 142 valence electrons. The van der Waals surface area contributed by atoms with E-state index in [0.29, 0.717) is 18.3 Å². The number of aromatic nitrogens is 1. The van der Waals surface area contributed by atoms with Crippen LogP contribution >= 0.6 is 23.7 Å². The van der Waals surface area contributed by atoms with E-state index in [4.69, 9.17) is 9.47 Å². The predicted octanol–water partition coefficient (Wildman–Crippen LogP) is 3.33. The zero-order valence-corrected chi connectivity index (χ0v) is 16.7. The van der Waals surface area contributed by atoms with Crippen molar-refractivity contribution >= 4 is 34.8 Å². The van der Waals surface area contributed by atoms with Gasteiger partial charge in [-0.2, -0.15) is 0 Å². The van der Waals surface area contributed by atoms with Gasteiger partial charge in [0.2, 0.25) is 5.91 Å². The molecule has 1 fully saturated rings. The number of rotatable bonds is 5. The maximum atomic E-state index is 12.4. The SMILES string of the molecule is CC(C)Oc1ccc(-c2csc(NC(=O)[C@H]3NCCO[C@@H]3C)n2)cc1.Cl. The first-order valence-electron chi connectivity index (χ1n) is 8.41. The number of halogens is 1. The minimum absolute atomic E-state index is 0. The molecule has 0 aliphatic carbocycles. The summed E-state index contributed by atoms with van der Waals surface area (Å²) in [6.07, 6.45) is -0.00612. The van der Waals surface area contributed by atoms with Crippen LogP contribution in [0.2, 0.25) is 0 Å². The molecule has 0 spiro atoms. The van der Waals surface area contributed by atoms with Crippen LogP contribution in [0.3, 0.4) is 0 Å². The molecule has 1 aliphatic heterocycles. The predicted molar refractivity (Wildman–Crippen MR) is 106 cm³/mol. The lowest BCUT2D eigenvalue weighted by molar-refractivity contribution is -0.123. The number of carbonyl (C=O) groups is 1. The van der Waals surface area contributed by atoms with Crippen LogP contribution in [0.25, 0.3) is 11.3 Å². The summed E-state index contributed by atoms with van der Waals surface area (Å²) in [5, 5.41) is 8.56. The van der Waals surface area contributed by atoms with Gasteiger partial charge in [0, 0.05) is 17.5 Å². The molecule has 2 heterocycles. The van der Waals surface area contributed by atoms with Crippen LogP contribution in [-0.2, 0) is 9.53 Å². The number of thiazole rings is 1. The van der Waals surface area contributed by atoms with Crippen molar-refractivity contribution in [3.8, 4) is 17.0 Å². The minimum atomic E-state index is -0.353. The van der Waals surface area contributed by atoms with Crippen molar-refractivity contribution in [3.63, 3.8) is 0 Å². The summed E-state index contributed by atoms with van der Waals surface area (Å²) < 4.78 is 11.2. The Morgan fingerprint density at radius 2 is 2.12 bits per heavy atom. The van der Waals surface area contributed by atoms with Gasteiger partial charge in [0.1, 0.15) is 11.8 Å². The maximum absolute atomic E-state index is 12.4. The van der Waals surface area contributed by atoms with Crippen molar-refractivity contribution in [1.29, 1.82) is 0 Å². The third-order valence-electron chi connectivity index (χ3n) is 3.86. The molecule has 1 amide bonds. The molecule has 1 aromatic heterocycles. The highest BCUT2D eigenvalue weighted by atomic mass is 35.5. The lowest BCUT2D eigenvalue weighted by atomic mass is 10.1. The summed E-state index contributed by atoms with van der Waals surface area (Å²) in [5.41, 5.74) is 1.82. The molecule has 1 saturated heterocycles. The monoisotopic (exact) mass is 397 g/mol. The molecule has 1 aliphatic rings. The number of nitrogens with zero attached hydrogens (tertiary/aromatic N) is 1. The second-order valence-corrected chi connectivity index (χ2v) is 7.08. The third kappa shape index (κ3) is 5.17. The van der Waals surface area contributed by atoms with Gasteiger partial charge in [0.15, 0.2) is 5.13 Å². The number of amides is 1. The van der Waals surface area contributed by atoms with Gasteiger partial charge in [-0.05, 0) is 45.0 Å². The smallest absolute Gasteiger partial charge is 0.245 e. The van der Waals surface area contributed by atoms with Crippen molar-refractivity contribution in [1.82, 2.24) is 10.3 Å². The van der Waals surface area contributed by atoms with E-state index in [0.717, 1.165) is 17.0 Å². The molecule has 26 heavy (non-hydrogen) atoms. The van der Waals surface area contributed by atoms with Crippen LogP contribution in [-0.4, -0.2) is 42.3 Å². The van der Waals surface area contributed by atoms with Crippen molar-refractivity contribution < 1.29 is 14.3 Å². The van der Waals surface area contributed by atoms with E-state index in [1.807, 2.05) is 50.4 Å². The molecular formula is C18H24ClN3O3S. The van der Waals surface area contributed by atoms with E-state index in [1.54, 1.807) is 0 Å². The molecule has 8 heteroatoms. The molecule has 0 bridgehead atoms. The number of morpholine rings is 1. The largest absolute Gasteiger partial charge is 0.491 e. The molecule has 1 aromatic carbocycles. The first kappa shape index (κ1) is 20.6. The lowest BCUT2D eigenvalue weighted by Crippen LogP contribution is -2.53. The first-order chi connectivity index (χ1) is 12.0. The summed E-state index contributed by atoms with van der Waals surface area (Å²) >= 11 is 1.41. The number of anilines is 1. The van der Waals surface area contributed by atoms with Crippen LogP contribution in [0.1, 0.15) is 20.8 Å². The number of nitrogens with one attached hydrogen (secondary N) is 2. The number of hydrogen-bond donors (Lipinski definition) is 2. The van der Waals surface area contributed by atoms with Gasteiger partial charge in [0.25, 0.3) is 0 Å². The highest BCUT2D eigenvalue weighted by molar-refractivity contribution is 7.14. The Morgan fingerprint density at radius 1 is 1.38 bits per heavy atom. The van der Waals surface area contributed by atoms with Gasteiger partial charge in [-0.3, -0.25) is 4.79 Å². The molecule has 2 N–H and O–H groups in total. The van der Waals surface area contributed by atoms with E-state index < -0.39 is 0 Å². The number of benzene rings is 1. The summed E-state index contributed by atoms with van der Waals surface area (Å²) in [5.74, 6) is 0.716. The van der Waals surface area contributed by atoms with Crippen LogP contribution in [0.5, 0.6) is 5.75 Å². The molecule has 2 atom stereocenters. The Kier molecular flexibility index (Phi) is 7.40. The molecule has 3 rings (SSSR count). The van der Waals surface area contributed by atoms with E-state index >= 15 is 0 Å². The normalized spacial score (nSPS) is 19.7. The standard InChI is InChI=1S/C18H23N3O3S.ClH/c1-11(2)24-14-6-4-13(5-7-14)15-10-25-18(20-15)21-17(22)16-12(3)23-9-8-19-16;/h4-7,10-12,16,19H,8-9H2,1-3H3,(H,20,21,22);1H/t12-,16+;/m1./s1. The Balaban J connectivity index is 0.00000243.